The minimum Gasteiger partial charge on any atom is -0.411 e. The van der Waals surface area contributed by atoms with Crippen molar-refractivity contribution in [1.29, 1.82) is 0 Å². The van der Waals surface area contributed by atoms with Crippen LogP contribution in [-0.2, 0) is 12.8 Å². The van der Waals surface area contributed by atoms with Crippen molar-refractivity contribution in [3.63, 3.8) is 0 Å². The lowest BCUT2D eigenvalue weighted by molar-refractivity contribution is 0.319. The van der Waals surface area contributed by atoms with E-state index in [1.54, 1.807) is 6.92 Å². The minimum absolute atomic E-state index is 0.469. The lowest BCUT2D eigenvalue weighted by Gasteiger charge is -2.09. The van der Waals surface area contributed by atoms with Crippen LogP contribution in [0.25, 0.3) is 21.8 Å². The molecule has 0 aliphatic rings. The van der Waals surface area contributed by atoms with Crippen molar-refractivity contribution in [2.24, 2.45) is 5.16 Å². The van der Waals surface area contributed by atoms with Crippen LogP contribution in [0.5, 0.6) is 0 Å². The van der Waals surface area contributed by atoms with Gasteiger partial charge in [-0.15, -0.1) is 0 Å². The summed E-state index contributed by atoms with van der Waals surface area (Å²) in [6.07, 6.45) is 3.67. The van der Waals surface area contributed by atoms with Gasteiger partial charge in [0.1, 0.15) is 5.52 Å². The van der Waals surface area contributed by atoms with Crippen LogP contribution < -0.4 is 5.73 Å². The van der Waals surface area contributed by atoms with Gasteiger partial charge >= 0.3 is 0 Å². The van der Waals surface area contributed by atoms with E-state index in [2.05, 4.69) is 58.4 Å². The van der Waals surface area contributed by atoms with E-state index in [9.17, 15) is 0 Å². The number of nitrogens with zero attached hydrogens (tertiary/aromatic N) is 3. The Kier molecular flexibility index (Phi) is 4.65. The highest BCUT2D eigenvalue weighted by molar-refractivity contribution is 6.08. The number of aromatic nitrogens is 2. The Balaban J connectivity index is 1.63. The van der Waals surface area contributed by atoms with Gasteiger partial charge in [-0.05, 0) is 61.1 Å². The fourth-order valence-electron chi connectivity index (χ4n) is 3.46. The summed E-state index contributed by atoms with van der Waals surface area (Å²) < 4.78 is 0. The smallest absolute Gasteiger partial charge is 0.150 e. The van der Waals surface area contributed by atoms with Crippen LogP contribution in [0.3, 0.4) is 0 Å². The molecule has 5 heteroatoms. The Bertz CT molecular complexity index is 1200. The van der Waals surface area contributed by atoms with Crippen LogP contribution in [0.1, 0.15) is 29.2 Å². The van der Waals surface area contributed by atoms with E-state index in [1.807, 2.05) is 18.3 Å². The molecule has 2 aromatic carbocycles. The van der Waals surface area contributed by atoms with E-state index in [1.165, 1.54) is 5.56 Å². The fraction of sp³-hybridized carbons (Fsp3) is 0.174. The third kappa shape index (κ3) is 3.39. The van der Waals surface area contributed by atoms with Gasteiger partial charge in [-0.2, -0.15) is 0 Å². The first kappa shape index (κ1) is 17.9. The summed E-state index contributed by atoms with van der Waals surface area (Å²) >= 11 is 0. The summed E-state index contributed by atoms with van der Waals surface area (Å²) in [6, 6.07) is 16.5. The van der Waals surface area contributed by atoms with Crippen LogP contribution in [0, 0.1) is 6.92 Å². The maximum Gasteiger partial charge on any atom is 0.150 e. The van der Waals surface area contributed by atoms with Crippen LogP contribution in [-0.4, -0.2) is 20.9 Å². The van der Waals surface area contributed by atoms with Crippen molar-refractivity contribution >= 4 is 33.3 Å². The van der Waals surface area contributed by atoms with Crippen LogP contribution in [0.15, 0.2) is 59.9 Å². The molecule has 5 nitrogen and oxygen atoms in total. The Morgan fingerprint density at radius 3 is 2.50 bits per heavy atom. The number of hydrogen-bond acceptors (Lipinski definition) is 5. The Morgan fingerprint density at radius 1 is 1.00 bits per heavy atom. The molecule has 2 heterocycles. The number of pyridine rings is 2. The summed E-state index contributed by atoms with van der Waals surface area (Å²) in [5.74, 6) is 0.469. The zero-order valence-electron chi connectivity index (χ0n) is 16.0. The second kappa shape index (κ2) is 7.27. The van der Waals surface area contributed by atoms with Gasteiger partial charge in [0.05, 0.1) is 11.2 Å². The molecule has 0 unspecified atom stereocenters. The lowest BCUT2D eigenvalue weighted by atomic mass is 10.0. The first-order valence-corrected chi connectivity index (χ1v) is 9.27. The molecule has 140 valence electrons. The Labute approximate surface area is 163 Å². The highest BCUT2D eigenvalue weighted by atomic mass is 16.4. The van der Waals surface area contributed by atoms with Crippen LogP contribution >= 0.6 is 0 Å². The van der Waals surface area contributed by atoms with Crippen molar-refractivity contribution < 1.29 is 5.21 Å². The number of nitrogens with two attached hydrogens (primary N) is 1. The third-order valence-electron chi connectivity index (χ3n) is 5.10. The molecule has 0 saturated carbocycles. The topological polar surface area (TPSA) is 84.4 Å². The SMILES string of the molecule is C/C(=N\O)c1ccc(CCc2cnc3c(N)nc4cc(C)ccc4c3c2)cc1. The second-order valence-corrected chi connectivity index (χ2v) is 7.14. The van der Waals surface area contributed by atoms with E-state index < -0.39 is 0 Å². The van der Waals surface area contributed by atoms with E-state index in [0.29, 0.717) is 11.5 Å². The molecule has 0 spiro atoms. The van der Waals surface area contributed by atoms with Gasteiger partial charge < -0.3 is 10.9 Å². The number of rotatable bonds is 4. The van der Waals surface area contributed by atoms with E-state index in [0.717, 1.165) is 51.3 Å². The van der Waals surface area contributed by atoms with Gasteiger partial charge in [-0.25, -0.2) is 4.98 Å². The van der Waals surface area contributed by atoms with Crippen LogP contribution in [0.4, 0.5) is 5.82 Å². The summed E-state index contributed by atoms with van der Waals surface area (Å²) in [6.45, 7) is 3.83. The monoisotopic (exact) mass is 370 g/mol. The molecule has 0 aliphatic carbocycles. The maximum atomic E-state index is 8.87. The first-order chi connectivity index (χ1) is 13.5. The quantitative estimate of drug-likeness (QED) is 0.237. The number of fused-ring (bicyclic) bond motifs is 3. The van der Waals surface area contributed by atoms with Crippen molar-refractivity contribution in [3.05, 3.63) is 77.0 Å². The highest BCUT2D eigenvalue weighted by Gasteiger charge is 2.09. The molecule has 28 heavy (non-hydrogen) atoms. The van der Waals surface area contributed by atoms with Gasteiger partial charge in [0, 0.05) is 17.0 Å². The number of hydrogen-bond donors (Lipinski definition) is 2. The molecule has 2 aromatic heterocycles. The fourth-order valence-corrected chi connectivity index (χ4v) is 3.46. The van der Waals surface area contributed by atoms with Crippen LogP contribution in [0.2, 0.25) is 0 Å². The van der Waals surface area contributed by atoms with Gasteiger partial charge in [-0.3, -0.25) is 4.98 Å². The number of aryl methyl sites for hydroxylation is 3. The highest BCUT2D eigenvalue weighted by Crippen LogP contribution is 2.28. The number of nitrogen functional groups attached to an aromatic ring is 1. The predicted molar refractivity (Wildman–Crippen MR) is 114 cm³/mol. The van der Waals surface area contributed by atoms with Crippen molar-refractivity contribution in [3.8, 4) is 0 Å². The number of anilines is 1. The van der Waals surface area contributed by atoms with E-state index >= 15 is 0 Å². The van der Waals surface area contributed by atoms with Crippen molar-refractivity contribution in [2.75, 3.05) is 5.73 Å². The van der Waals surface area contributed by atoms with E-state index in [-0.39, 0.29) is 0 Å². The second-order valence-electron chi connectivity index (χ2n) is 7.14. The molecule has 4 rings (SSSR count). The Hall–Kier alpha value is -3.47. The molecule has 0 saturated heterocycles. The Morgan fingerprint density at radius 2 is 1.75 bits per heavy atom. The molecule has 0 amide bonds. The average molecular weight is 370 g/mol. The van der Waals surface area contributed by atoms with Gasteiger partial charge in [-0.1, -0.05) is 41.6 Å². The number of oxime groups is 1. The lowest BCUT2D eigenvalue weighted by Crippen LogP contribution is -1.99. The zero-order chi connectivity index (χ0) is 19.7. The molecule has 0 aliphatic heterocycles. The average Bonchev–Trinajstić information content (AvgIpc) is 2.71. The molecule has 0 bridgehead atoms. The molecular weight excluding hydrogens is 348 g/mol. The summed E-state index contributed by atoms with van der Waals surface area (Å²) in [7, 11) is 0. The standard InChI is InChI=1S/C23H22N4O/c1-14-3-10-19-20-12-17(13-25-22(20)23(24)26-21(19)11-14)5-4-16-6-8-18(9-7-16)15(2)27-28/h3,6-13,28H,4-5H2,1-2H3,(H2,24,26)/b27-15+. The first-order valence-electron chi connectivity index (χ1n) is 9.27. The molecule has 4 aromatic rings. The molecule has 0 fully saturated rings. The number of benzene rings is 2. The molecular formula is C23H22N4O. The predicted octanol–water partition coefficient (Wildman–Crippen LogP) is 4.66. The third-order valence-corrected chi connectivity index (χ3v) is 5.10. The van der Waals surface area contributed by atoms with Crippen molar-refractivity contribution in [1.82, 2.24) is 9.97 Å². The zero-order valence-corrected chi connectivity index (χ0v) is 16.0. The van der Waals surface area contributed by atoms with E-state index in [4.69, 9.17) is 10.9 Å². The summed E-state index contributed by atoms with van der Waals surface area (Å²) in [4.78, 5) is 9.09. The summed E-state index contributed by atoms with van der Waals surface area (Å²) in [5.41, 5.74) is 12.9. The normalized spacial score (nSPS) is 12.0. The molecule has 3 N–H and O–H groups in total. The molecule has 0 radical (unpaired) electrons. The minimum atomic E-state index is 0.469. The largest absolute Gasteiger partial charge is 0.411 e. The van der Waals surface area contributed by atoms with Gasteiger partial charge in [0.2, 0.25) is 0 Å². The molecule has 0 atom stereocenters. The summed E-state index contributed by atoms with van der Waals surface area (Å²) in [5, 5.41) is 14.2. The maximum absolute atomic E-state index is 8.87. The van der Waals surface area contributed by atoms with Gasteiger partial charge in [0.25, 0.3) is 0 Å². The van der Waals surface area contributed by atoms with Crippen molar-refractivity contribution in [2.45, 2.75) is 26.7 Å². The van der Waals surface area contributed by atoms with Gasteiger partial charge in [0.15, 0.2) is 5.82 Å².